The first-order valence-electron chi connectivity index (χ1n) is 8.51. The van der Waals surface area contributed by atoms with Crippen molar-refractivity contribution in [3.63, 3.8) is 0 Å². The SMILES string of the molecule is C=CCOc1c(Br)cc(/C=C(/C#N)C(=O)Nc2ccc(C)cc2C)cc1OC. The number of rotatable bonds is 7. The number of nitriles is 1. The van der Waals surface area contributed by atoms with E-state index in [1.807, 2.05) is 38.1 Å². The van der Waals surface area contributed by atoms with Gasteiger partial charge in [-0.2, -0.15) is 5.26 Å². The van der Waals surface area contributed by atoms with Crippen LogP contribution in [0, 0.1) is 25.2 Å². The van der Waals surface area contributed by atoms with Gasteiger partial charge in [-0.15, -0.1) is 0 Å². The fourth-order valence-corrected chi connectivity index (χ4v) is 3.14. The Balaban J connectivity index is 2.32. The first kappa shape index (κ1) is 21.3. The number of carbonyl (C=O) groups is 1. The normalized spacial score (nSPS) is 10.8. The number of halogens is 1. The van der Waals surface area contributed by atoms with Crippen molar-refractivity contribution in [3.05, 3.63) is 69.7 Å². The Morgan fingerprint density at radius 3 is 2.68 bits per heavy atom. The summed E-state index contributed by atoms with van der Waals surface area (Å²) in [4.78, 5) is 12.6. The average molecular weight is 441 g/mol. The molecule has 0 heterocycles. The van der Waals surface area contributed by atoms with Gasteiger partial charge in [0.05, 0.1) is 11.6 Å². The van der Waals surface area contributed by atoms with E-state index in [1.54, 1.807) is 18.2 Å². The number of nitrogens with zero attached hydrogens (tertiary/aromatic N) is 1. The van der Waals surface area contributed by atoms with Crippen LogP contribution >= 0.6 is 15.9 Å². The largest absolute Gasteiger partial charge is 0.493 e. The quantitative estimate of drug-likeness (QED) is 0.365. The van der Waals surface area contributed by atoms with E-state index in [-0.39, 0.29) is 5.57 Å². The average Bonchev–Trinajstić information content (AvgIpc) is 2.66. The van der Waals surface area contributed by atoms with Gasteiger partial charge in [-0.05, 0) is 65.2 Å². The van der Waals surface area contributed by atoms with Gasteiger partial charge in [0.2, 0.25) is 0 Å². The van der Waals surface area contributed by atoms with Gasteiger partial charge in [-0.25, -0.2) is 0 Å². The van der Waals surface area contributed by atoms with Crippen LogP contribution in [0.15, 0.2) is 53.0 Å². The lowest BCUT2D eigenvalue weighted by molar-refractivity contribution is -0.112. The van der Waals surface area contributed by atoms with E-state index in [2.05, 4.69) is 27.8 Å². The highest BCUT2D eigenvalue weighted by Crippen LogP contribution is 2.37. The molecule has 144 valence electrons. The van der Waals surface area contributed by atoms with Gasteiger partial charge in [-0.1, -0.05) is 30.4 Å². The molecular formula is C22H21BrN2O3. The summed E-state index contributed by atoms with van der Waals surface area (Å²) in [5, 5.41) is 12.2. The van der Waals surface area contributed by atoms with Crippen molar-refractivity contribution in [2.75, 3.05) is 19.0 Å². The second-order valence-corrected chi connectivity index (χ2v) is 6.93. The highest BCUT2D eigenvalue weighted by atomic mass is 79.9. The van der Waals surface area contributed by atoms with Crippen LogP contribution in [0.2, 0.25) is 0 Å². The summed E-state index contributed by atoms with van der Waals surface area (Å²) >= 11 is 3.44. The molecule has 2 aromatic rings. The molecule has 0 aliphatic rings. The second-order valence-electron chi connectivity index (χ2n) is 6.08. The Hall–Kier alpha value is -3.04. The number of carbonyl (C=O) groups excluding carboxylic acids is 1. The Bertz CT molecular complexity index is 974. The molecule has 6 heteroatoms. The molecule has 0 fully saturated rings. The minimum absolute atomic E-state index is 0.0197. The number of amides is 1. The molecule has 0 aliphatic heterocycles. The molecule has 0 unspecified atom stereocenters. The molecule has 28 heavy (non-hydrogen) atoms. The summed E-state index contributed by atoms with van der Waals surface area (Å²) in [6.45, 7) is 7.83. The van der Waals surface area contributed by atoms with Gasteiger partial charge in [0, 0.05) is 5.69 Å². The van der Waals surface area contributed by atoms with Crippen LogP contribution in [0.1, 0.15) is 16.7 Å². The fourth-order valence-electron chi connectivity index (χ4n) is 2.56. The summed E-state index contributed by atoms with van der Waals surface area (Å²) < 4.78 is 11.6. The van der Waals surface area contributed by atoms with E-state index < -0.39 is 5.91 Å². The van der Waals surface area contributed by atoms with Crippen LogP contribution in [-0.4, -0.2) is 19.6 Å². The van der Waals surface area contributed by atoms with E-state index in [4.69, 9.17) is 9.47 Å². The van der Waals surface area contributed by atoms with Gasteiger partial charge in [0.15, 0.2) is 11.5 Å². The van der Waals surface area contributed by atoms with Crippen molar-refractivity contribution in [2.45, 2.75) is 13.8 Å². The maximum atomic E-state index is 12.6. The Kier molecular flexibility index (Phi) is 7.42. The summed E-state index contributed by atoms with van der Waals surface area (Å²) in [6, 6.07) is 11.1. The number of nitrogens with one attached hydrogen (secondary N) is 1. The first-order chi connectivity index (χ1) is 13.4. The molecule has 0 radical (unpaired) electrons. The van der Waals surface area contributed by atoms with Crippen molar-refractivity contribution < 1.29 is 14.3 Å². The van der Waals surface area contributed by atoms with Crippen molar-refractivity contribution in [1.29, 1.82) is 5.26 Å². The van der Waals surface area contributed by atoms with Crippen LogP contribution in [0.4, 0.5) is 5.69 Å². The lowest BCUT2D eigenvalue weighted by Gasteiger charge is -2.12. The van der Waals surface area contributed by atoms with E-state index in [0.717, 1.165) is 11.1 Å². The van der Waals surface area contributed by atoms with Crippen LogP contribution in [-0.2, 0) is 4.79 Å². The zero-order valence-electron chi connectivity index (χ0n) is 16.0. The molecule has 2 rings (SSSR count). The van der Waals surface area contributed by atoms with Crippen molar-refractivity contribution >= 4 is 33.6 Å². The smallest absolute Gasteiger partial charge is 0.266 e. The number of benzene rings is 2. The summed E-state index contributed by atoms with van der Waals surface area (Å²) in [7, 11) is 1.52. The third-order valence-corrected chi connectivity index (χ3v) is 4.49. The van der Waals surface area contributed by atoms with Gasteiger partial charge in [0.1, 0.15) is 18.2 Å². The number of aryl methyl sites for hydroxylation is 2. The van der Waals surface area contributed by atoms with E-state index in [0.29, 0.717) is 33.8 Å². The highest BCUT2D eigenvalue weighted by Gasteiger charge is 2.14. The maximum Gasteiger partial charge on any atom is 0.266 e. The number of hydrogen-bond acceptors (Lipinski definition) is 4. The molecule has 0 saturated carbocycles. The molecule has 2 aromatic carbocycles. The van der Waals surface area contributed by atoms with Crippen LogP contribution < -0.4 is 14.8 Å². The molecule has 0 saturated heterocycles. The zero-order chi connectivity index (χ0) is 20.7. The summed E-state index contributed by atoms with van der Waals surface area (Å²) in [5.74, 6) is 0.531. The standard InChI is InChI=1S/C22H21BrN2O3/c1-5-8-28-21-18(23)11-16(12-20(21)27-4)10-17(13-24)22(26)25-19-7-6-14(2)9-15(19)3/h5-7,9-12H,1,8H2,2-4H3,(H,25,26)/b17-10-. The number of ether oxygens (including phenoxy) is 2. The Labute approximate surface area is 173 Å². The maximum absolute atomic E-state index is 12.6. The third-order valence-electron chi connectivity index (χ3n) is 3.90. The van der Waals surface area contributed by atoms with Crippen molar-refractivity contribution in [2.24, 2.45) is 0 Å². The van der Waals surface area contributed by atoms with Crippen LogP contribution in [0.5, 0.6) is 11.5 Å². The second kappa shape index (κ2) is 9.77. The summed E-state index contributed by atoms with van der Waals surface area (Å²) in [5.41, 5.74) is 3.31. The molecular weight excluding hydrogens is 420 g/mol. The predicted octanol–water partition coefficient (Wildman–Crippen LogP) is 5.19. The minimum Gasteiger partial charge on any atom is -0.493 e. The number of methoxy groups -OCH3 is 1. The Morgan fingerprint density at radius 2 is 2.07 bits per heavy atom. The lowest BCUT2D eigenvalue weighted by Crippen LogP contribution is -2.14. The number of anilines is 1. The summed E-state index contributed by atoms with van der Waals surface area (Å²) in [6.07, 6.45) is 3.13. The molecule has 0 bridgehead atoms. The number of hydrogen-bond donors (Lipinski definition) is 1. The van der Waals surface area contributed by atoms with Gasteiger partial charge >= 0.3 is 0 Å². The molecule has 0 spiro atoms. The molecule has 0 aromatic heterocycles. The van der Waals surface area contributed by atoms with Crippen molar-refractivity contribution in [3.8, 4) is 17.6 Å². The van der Waals surface area contributed by atoms with Gasteiger partial charge < -0.3 is 14.8 Å². The zero-order valence-corrected chi connectivity index (χ0v) is 17.6. The van der Waals surface area contributed by atoms with Gasteiger partial charge in [-0.3, -0.25) is 4.79 Å². The highest BCUT2D eigenvalue weighted by molar-refractivity contribution is 9.10. The third kappa shape index (κ3) is 5.24. The topological polar surface area (TPSA) is 71.3 Å². The van der Waals surface area contributed by atoms with Crippen LogP contribution in [0.25, 0.3) is 6.08 Å². The Morgan fingerprint density at radius 1 is 1.32 bits per heavy atom. The fraction of sp³-hybridized carbons (Fsp3) is 0.182. The predicted molar refractivity (Wildman–Crippen MR) is 115 cm³/mol. The van der Waals surface area contributed by atoms with Gasteiger partial charge in [0.25, 0.3) is 5.91 Å². The first-order valence-corrected chi connectivity index (χ1v) is 9.30. The lowest BCUT2D eigenvalue weighted by atomic mass is 10.1. The van der Waals surface area contributed by atoms with Crippen molar-refractivity contribution in [1.82, 2.24) is 0 Å². The van der Waals surface area contributed by atoms with E-state index >= 15 is 0 Å². The molecule has 1 N–H and O–H groups in total. The minimum atomic E-state index is -0.475. The van der Waals surface area contributed by atoms with E-state index in [9.17, 15) is 10.1 Å². The van der Waals surface area contributed by atoms with E-state index in [1.165, 1.54) is 13.2 Å². The molecule has 5 nitrogen and oxygen atoms in total. The molecule has 0 atom stereocenters. The molecule has 0 aliphatic carbocycles. The monoisotopic (exact) mass is 440 g/mol. The van der Waals surface area contributed by atoms with Crippen LogP contribution in [0.3, 0.4) is 0 Å². The molecule has 1 amide bonds.